The van der Waals surface area contributed by atoms with Crippen molar-refractivity contribution in [3.05, 3.63) is 53.4 Å². The van der Waals surface area contributed by atoms with Crippen molar-refractivity contribution in [2.45, 2.75) is 45.1 Å². The first kappa shape index (κ1) is 17.7. The van der Waals surface area contributed by atoms with Gasteiger partial charge >= 0.3 is 0 Å². The topological polar surface area (TPSA) is 58.4 Å². The molecule has 2 aromatic rings. The monoisotopic (exact) mass is 341 g/mol. The lowest BCUT2D eigenvalue weighted by Gasteiger charge is -2.35. The van der Waals surface area contributed by atoms with Crippen LogP contribution in [0, 0.1) is 6.92 Å². The Bertz CT molecular complexity index is 663. The molecule has 1 fully saturated rings. The first-order chi connectivity index (χ1) is 12.2. The number of hydrogen-bond acceptors (Lipinski definition) is 4. The number of piperidine rings is 1. The van der Waals surface area contributed by atoms with Crippen molar-refractivity contribution in [1.82, 2.24) is 15.4 Å². The van der Waals surface area contributed by atoms with Crippen LogP contribution in [-0.4, -0.2) is 41.6 Å². The summed E-state index contributed by atoms with van der Waals surface area (Å²) >= 11 is 0. The summed E-state index contributed by atoms with van der Waals surface area (Å²) in [4.78, 5) is 14.8. The molecule has 0 aliphatic carbocycles. The number of carbonyl (C=O) groups excluding carboxylic acids is 1. The van der Waals surface area contributed by atoms with E-state index in [0.29, 0.717) is 18.3 Å². The van der Waals surface area contributed by atoms with Gasteiger partial charge in [0.15, 0.2) is 0 Å². The second-order valence-corrected chi connectivity index (χ2v) is 6.85. The second kappa shape index (κ2) is 8.81. The van der Waals surface area contributed by atoms with Gasteiger partial charge in [0.2, 0.25) is 5.91 Å². The summed E-state index contributed by atoms with van der Waals surface area (Å²) in [5, 5.41) is 6.99. The number of likely N-dealkylation sites (tertiary alicyclic amines) is 1. The molecule has 134 valence electrons. The minimum absolute atomic E-state index is 0.00312. The molecule has 0 spiro atoms. The third-order valence-electron chi connectivity index (χ3n) is 4.77. The molecule has 1 aliphatic heterocycles. The van der Waals surface area contributed by atoms with Crippen LogP contribution in [0.3, 0.4) is 0 Å². The van der Waals surface area contributed by atoms with Gasteiger partial charge in [-0.15, -0.1) is 0 Å². The molecule has 1 amide bonds. The lowest BCUT2D eigenvalue weighted by atomic mass is 10.0. The van der Waals surface area contributed by atoms with Gasteiger partial charge < -0.3 is 9.84 Å². The summed E-state index contributed by atoms with van der Waals surface area (Å²) in [6.07, 6.45) is 5.04. The number of aromatic nitrogens is 1. The van der Waals surface area contributed by atoms with Crippen molar-refractivity contribution in [3.63, 3.8) is 0 Å². The highest BCUT2D eigenvalue weighted by atomic mass is 16.5. The minimum atomic E-state index is 0.00312. The molecule has 0 saturated carbocycles. The largest absolute Gasteiger partial charge is 0.361 e. The van der Waals surface area contributed by atoms with Crippen LogP contribution in [0.25, 0.3) is 0 Å². The van der Waals surface area contributed by atoms with E-state index in [1.54, 1.807) is 0 Å². The summed E-state index contributed by atoms with van der Waals surface area (Å²) in [5.74, 6) is 0.737. The van der Waals surface area contributed by atoms with Crippen LogP contribution >= 0.6 is 0 Å². The Labute approximate surface area is 149 Å². The Morgan fingerprint density at radius 1 is 1.24 bits per heavy atom. The van der Waals surface area contributed by atoms with E-state index in [1.807, 2.05) is 19.1 Å². The fraction of sp³-hybridized carbons (Fsp3) is 0.500. The highest BCUT2D eigenvalue weighted by Crippen LogP contribution is 2.15. The molecular formula is C20H27N3O2. The summed E-state index contributed by atoms with van der Waals surface area (Å²) in [6.45, 7) is 4.75. The van der Waals surface area contributed by atoms with Gasteiger partial charge in [0.1, 0.15) is 5.76 Å². The minimum Gasteiger partial charge on any atom is -0.361 e. The van der Waals surface area contributed by atoms with Crippen molar-refractivity contribution in [2.75, 3.05) is 19.6 Å². The molecule has 1 N–H and O–H groups in total. The molecule has 3 rings (SSSR count). The number of amides is 1. The van der Waals surface area contributed by atoms with Crippen LogP contribution in [0.1, 0.15) is 36.3 Å². The number of carbonyl (C=O) groups is 1. The molecule has 5 nitrogen and oxygen atoms in total. The summed E-state index contributed by atoms with van der Waals surface area (Å²) in [7, 11) is 0. The molecule has 0 radical (unpaired) electrons. The Hall–Kier alpha value is -2.14. The molecule has 1 aromatic carbocycles. The highest BCUT2D eigenvalue weighted by Gasteiger charge is 2.21. The predicted molar refractivity (Wildman–Crippen MR) is 97.3 cm³/mol. The smallest absolute Gasteiger partial charge is 0.226 e. The molecule has 2 heterocycles. The van der Waals surface area contributed by atoms with E-state index in [-0.39, 0.29) is 12.3 Å². The number of rotatable bonds is 7. The molecule has 1 aliphatic rings. The number of hydrogen-bond donors (Lipinski definition) is 1. The third-order valence-corrected chi connectivity index (χ3v) is 4.77. The molecule has 0 bridgehead atoms. The first-order valence-corrected chi connectivity index (χ1v) is 9.17. The highest BCUT2D eigenvalue weighted by molar-refractivity contribution is 5.78. The molecule has 25 heavy (non-hydrogen) atoms. The maximum atomic E-state index is 12.3. The lowest BCUT2D eigenvalue weighted by molar-refractivity contribution is -0.120. The summed E-state index contributed by atoms with van der Waals surface area (Å²) in [5.41, 5.74) is 2.01. The molecule has 1 saturated heterocycles. The molecular weight excluding hydrogens is 314 g/mol. The van der Waals surface area contributed by atoms with Crippen molar-refractivity contribution < 1.29 is 9.32 Å². The van der Waals surface area contributed by atoms with E-state index < -0.39 is 0 Å². The standard InChI is InChI=1S/C20H27N3O2/c1-16-12-18(22-25-16)14-20(24)21-15-19(23-10-6-3-7-11-23)13-17-8-4-2-5-9-17/h2,4-5,8-9,12,19H,3,6-7,10-11,13-15H2,1H3,(H,21,24). The van der Waals surface area contributed by atoms with Gasteiger partial charge in [-0.3, -0.25) is 9.69 Å². The van der Waals surface area contributed by atoms with Crippen molar-refractivity contribution >= 4 is 5.91 Å². The van der Waals surface area contributed by atoms with Crippen LogP contribution in [0.5, 0.6) is 0 Å². The van der Waals surface area contributed by atoms with Crippen LogP contribution in [0.4, 0.5) is 0 Å². The van der Waals surface area contributed by atoms with Gasteiger partial charge in [0.25, 0.3) is 0 Å². The number of nitrogens with one attached hydrogen (secondary N) is 1. The van der Waals surface area contributed by atoms with E-state index in [9.17, 15) is 4.79 Å². The van der Waals surface area contributed by atoms with Crippen LogP contribution < -0.4 is 5.32 Å². The van der Waals surface area contributed by atoms with E-state index in [0.717, 1.165) is 25.3 Å². The van der Waals surface area contributed by atoms with Crippen molar-refractivity contribution in [2.24, 2.45) is 0 Å². The maximum absolute atomic E-state index is 12.3. The van der Waals surface area contributed by atoms with E-state index >= 15 is 0 Å². The zero-order valence-electron chi connectivity index (χ0n) is 14.9. The Morgan fingerprint density at radius 3 is 2.68 bits per heavy atom. The van der Waals surface area contributed by atoms with Gasteiger partial charge in [-0.25, -0.2) is 0 Å². The predicted octanol–water partition coefficient (Wildman–Crippen LogP) is 2.74. The summed E-state index contributed by atoms with van der Waals surface area (Å²) < 4.78 is 5.03. The van der Waals surface area contributed by atoms with Crippen LogP contribution in [-0.2, 0) is 17.6 Å². The van der Waals surface area contributed by atoms with Gasteiger partial charge in [0.05, 0.1) is 12.1 Å². The number of nitrogens with zero attached hydrogens (tertiary/aromatic N) is 2. The Morgan fingerprint density at radius 2 is 2.00 bits per heavy atom. The van der Waals surface area contributed by atoms with Gasteiger partial charge in [0, 0.05) is 18.7 Å². The third kappa shape index (κ3) is 5.43. The zero-order valence-corrected chi connectivity index (χ0v) is 14.9. The zero-order chi connectivity index (χ0) is 17.5. The fourth-order valence-corrected chi connectivity index (χ4v) is 3.46. The molecule has 1 aromatic heterocycles. The number of aryl methyl sites for hydroxylation is 1. The van der Waals surface area contributed by atoms with Gasteiger partial charge in [-0.1, -0.05) is 41.9 Å². The first-order valence-electron chi connectivity index (χ1n) is 9.17. The summed E-state index contributed by atoms with van der Waals surface area (Å²) in [6, 6.07) is 12.7. The molecule has 1 unspecified atom stereocenters. The Balaban J connectivity index is 1.57. The van der Waals surface area contributed by atoms with E-state index in [4.69, 9.17) is 4.52 Å². The average Bonchev–Trinajstić information content (AvgIpc) is 3.05. The molecule has 1 atom stereocenters. The quantitative estimate of drug-likeness (QED) is 0.841. The van der Waals surface area contributed by atoms with Crippen LogP contribution in [0.2, 0.25) is 0 Å². The van der Waals surface area contributed by atoms with Crippen LogP contribution in [0.15, 0.2) is 40.9 Å². The van der Waals surface area contributed by atoms with Crippen molar-refractivity contribution in [3.8, 4) is 0 Å². The second-order valence-electron chi connectivity index (χ2n) is 6.85. The van der Waals surface area contributed by atoms with E-state index in [1.165, 1.54) is 24.8 Å². The van der Waals surface area contributed by atoms with Gasteiger partial charge in [-0.05, 0) is 44.8 Å². The van der Waals surface area contributed by atoms with Gasteiger partial charge in [-0.2, -0.15) is 0 Å². The molecule has 5 heteroatoms. The van der Waals surface area contributed by atoms with Crippen molar-refractivity contribution in [1.29, 1.82) is 0 Å². The average molecular weight is 341 g/mol. The lowest BCUT2D eigenvalue weighted by Crippen LogP contribution is -2.47. The van der Waals surface area contributed by atoms with E-state index in [2.05, 4.69) is 39.6 Å². The normalized spacial score (nSPS) is 16.5. The fourth-order valence-electron chi connectivity index (χ4n) is 3.46. The number of benzene rings is 1. The Kier molecular flexibility index (Phi) is 6.23. The SMILES string of the molecule is Cc1cc(CC(=O)NCC(Cc2ccccc2)N2CCCCC2)no1. The maximum Gasteiger partial charge on any atom is 0.226 e.